The third-order valence-corrected chi connectivity index (χ3v) is 4.62. The molecule has 26 heavy (non-hydrogen) atoms. The van der Waals surface area contributed by atoms with E-state index >= 15 is 0 Å². The summed E-state index contributed by atoms with van der Waals surface area (Å²) in [5.41, 5.74) is 4.25. The van der Waals surface area contributed by atoms with E-state index in [-0.39, 0.29) is 0 Å². The molecule has 0 aliphatic rings. The molecule has 0 bridgehead atoms. The van der Waals surface area contributed by atoms with Crippen molar-refractivity contribution in [3.8, 4) is 22.6 Å². The minimum absolute atomic E-state index is 0.562. The third-order valence-electron chi connectivity index (χ3n) is 4.08. The van der Waals surface area contributed by atoms with Gasteiger partial charge in [0.05, 0.1) is 17.0 Å². The lowest BCUT2D eigenvalue weighted by atomic mass is 10.0. The van der Waals surface area contributed by atoms with Crippen LogP contribution in [0.2, 0.25) is 10.0 Å². The predicted molar refractivity (Wildman–Crippen MR) is 109 cm³/mol. The average molecular weight is 388 g/mol. The second-order valence-electron chi connectivity index (χ2n) is 6.02. The van der Waals surface area contributed by atoms with E-state index in [9.17, 15) is 0 Å². The second kappa shape index (κ2) is 7.94. The Balaban J connectivity index is 1.93. The molecule has 0 atom stereocenters. The van der Waals surface area contributed by atoms with Crippen molar-refractivity contribution in [3.63, 3.8) is 0 Å². The van der Waals surface area contributed by atoms with Crippen molar-refractivity contribution >= 4 is 35.2 Å². The summed E-state index contributed by atoms with van der Waals surface area (Å²) in [4.78, 5) is 6.42. The summed E-state index contributed by atoms with van der Waals surface area (Å²) in [6.45, 7) is 4.93. The minimum Gasteiger partial charge on any atom is -0.366 e. The standard InChI is InChI=1S/C20H19Cl2N3O/c1-4-25(3)12-23-19-8-13(2)16(10-17(19)22)20-11-18(24-26-20)14-6-5-7-15(21)9-14/h5-12H,4H2,1-3H3/b23-12-. The Hall–Kier alpha value is -2.30. The summed E-state index contributed by atoms with van der Waals surface area (Å²) >= 11 is 12.5. The molecule has 1 heterocycles. The fraction of sp³-hybridized carbons (Fsp3) is 0.200. The van der Waals surface area contributed by atoms with Crippen LogP contribution in [0.25, 0.3) is 22.6 Å². The maximum absolute atomic E-state index is 6.41. The Bertz CT molecular complexity index is 950. The quantitative estimate of drug-likeness (QED) is 0.384. The number of hydrogen-bond donors (Lipinski definition) is 0. The van der Waals surface area contributed by atoms with E-state index in [1.807, 2.05) is 61.3 Å². The number of hydrogen-bond acceptors (Lipinski definition) is 3. The summed E-state index contributed by atoms with van der Waals surface area (Å²) in [6, 6.07) is 13.2. The molecule has 3 rings (SSSR count). The summed E-state index contributed by atoms with van der Waals surface area (Å²) in [7, 11) is 1.96. The highest BCUT2D eigenvalue weighted by molar-refractivity contribution is 6.33. The van der Waals surface area contributed by atoms with Crippen LogP contribution in [0.3, 0.4) is 0 Å². The lowest BCUT2D eigenvalue weighted by molar-refractivity contribution is 0.434. The van der Waals surface area contributed by atoms with Gasteiger partial charge in [-0.2, -0.15) is 0 Å². The smallest absolute Gasteiger partial charge is 0.167 e. The van der Waals surface area contributed by atoms with Gasteiger partial charge in [-0.1, -0.05) is 40.5 Å². The lowest BCUT2D eigenvalue weighted by Gasteiger charge is -2.10. The lowest BCUT2D eigenvalue weighted by Crippen LogP contribution is -2.14. The minimum atomic E-state index is 0.562. The van der Waals surface area contributed by atoms with Gasteiger partial charge in [0.25, 0.3) is 0 Å². The number of aromatic nitrogens is 1. The van der Waals surface area contributed by atoms with Gasteiger partial charge in [-0.3, -0.25) is 0 Å². The Morgan fingerprint density at radius 3 is 2.73 bits per heavy atom. The summed E-state index contributed by atoms with van der Waals surface area (Å²) < 4.78 is 5.54. The van der Waals surface area contributed by atoms with Crippen LogP contribution in [0, 0.1) is 6.92 Å². The first-order valence-electron chi connectivity index (χ1n) is 8.25. The van der Waals surface area contributed by atoms with Gasteiger partial charge in [-0.05, 0) is 43.7 Å². The van der Waals surface area contributed by atoms with Gasteiger partial charge in [-0.15, -0.1) is 0 Å². The fourth-order valence-corrected chi connectivity index (χ4v) is 2.86. The number of aryl methyl sites for hydroxylation is 1. The second-order valence-corrected chi connectivity index (χ2v) is 6.87. The SMILES string of the molecule is CCN(C)/C=N\c1cc(C)c(-c2cc(-c3cccc(Cl)c3)no2)cc1Cl. The Labute approximate surface area is 163 Å². The summed E-state index contributed by atoms with van der Waals surface area (Å²) in [6.07, 6.45) is 1.77. The van der Waals surface area contributed by atoms with Crippen molar-refractivity contribution in [2.75, 3.05) is 13.6 Å². The molecule has 0 unspecified atom stereocenters. The monoisotopic (exact) mass is 387 g/mol. The highest BCUT2D eigenvalue weighted by Crippen LogP contribution is 2.35. The largest absolute Gasteiger partial charge is 0.366 e. The van der Waals surface area contributed by atoms with Gasteiger partial charge in [-0.25, -0.2) is 4.99 Å². The molecule has 0 amide bonds. The maximum atomic E-state index is 6.41. The molecule has 2 aromatic carbocycles. The zero-order valence-electron chi connectivity index (χ0n) is 14.8. The normalized spacial score (nSPS) is 11.3. The number of nitrogens with zero attached hydrogens (tertiary/aromatic N) is 3. The van der Waals surface area contributed by atoms with Crippen molar-refractivity contribution in [2.45, 2.75) is 13.8 Å². The van der Waals surface area contributed by atoms with E-state index in [0.29, 0.717) is 15.8 Å². The number of benzene rings is 2. The third kappa shape index (κ3) is 4.09. The highest BCUT2D eigenvalue weighted by Gasteiger charge is 2.13. The average Bonchev–Trinajstić information content (AvgIpc) is 3.11. The molecular weight excluding hydrogens is 369 g/mol. The molecule has 0 fully saturated rings. The van der Waals surface area contributed by atoms with Gasteiger partial charge in [0, 0.05) is 35.8 Å². The molecule has 6 heteroatoms. The molecule has 4 nitrogen and oxygen atoms in total. The molecule has 0 aliphatic carbocycles. The van der Waals surface area contributed by atoms with Crippen LogP contribution in [-0.2, 0) is 0 Å². The molecular formula is C20H19Cl2N3O. The van der Waals surface area contributed by atoms with Crippen LogP contribution < -0.4 is 0 Å². The Morgan fingerprint density at radius 2 is 2.00 bits per heavy atom. The van der Waals surface area contributed by atoms with Crippen molar-refractivity contribution in [3.05, 3.63) is 58.1 Å². The van der Waals surface area contributed by atoms with Gasteiger partial charge in [0.2, 0.25) is 0 Å². The van der Waals surface area contributed by atoms with Crippen LogP contribution >= 0.6 is 23.2 Å². The first-order chi connectivity index (χ1) is 12.5. The van der Waals surface area contributed by atoms with E-state index in [0.717, 1.165) is 34.6 Å². The van der Waals surface area contributed by atoms with Crippen LogP contribution in [0.1, 0.15) is 12.5 Å². The number of aliphatic imine (C=N–C) groups is 1. The molecule has 3 aromatic rings. The molecule has 0 aliphatic heterocycles. The van der Waals surface area contributed by atoms with Crippen molar-refractivity contribution in [1.82, 2.24) is 10.1 Å². The molecule has 0 N–H and O–H groups in total. The van der Waals surface area contributed by atoms with E-state index in [2.05, 4.69) is 17.1 Å². The molecule has 0 spiro atoms. The zero-order chi connectivity index (χ0) is 18.7. The molecule has 134 valence electrons. The summed E-state index contributed by atoms with van der Waals surface area (Å²) in [5.74, 6) is 0.653. The van der Waals surface area contributed by atoms with Crippen molar-refractivity contribution in [2.24, 2.45) is 4.99 Å². The first kappa shape index (κ1) is 18.5. The van der Waals surface area contributed by atoms with Gasteiger partial charge in [0.15, 0.2) is 5.76 Å². The van der Waals surface area contributed by atoms with E-state index in [1.54, 1.807) is 6.34 Å². The van der Waals surface area contributed by atoms with Crippen LogP contribution in [0.4, 0.5) is 5.69 Å². The molecule has 0 radical (unpaired) electrons. The van der Waals surface area contributed by atoms with Gasteiger partial charge < -0.3 is 9.42 Å². The predicted octanol–water partition coefficient (Wildman–Crippen LogP) is 6.24. The van der Waals surface area contributed by atoms with E-state index in [4.69, 9.17) is 27.7 Å². The van der Waals surface area contributed by atoms with Crippen LogP contribution in [0.15, 0.2) is 52.0 Å². The maximum Gasteiger partial charge on any atom is 0.167 e. The van der Waals surface area contributed by atoms with Gasteiger partial charge >= 0.3 is 0 Å². The fourth-order valence-electron chi connectivity index (χ4n) is 2.46. The zero-order valence-corrected chi connectivity index (χ0v) is 16.3. The van der Waals surface area contributed by atoms with Crippen molar-refractivity contribution < 1.29 is 4.52 Å². The van der Waals surface area contributed by atoms with Crippen LogP contribution in [0.5, 0.6) is 0 Å². The topological polar surface area (TPSA) is 41.6 Å². The Morgan fingerprint density at radius 1 is 1.19 bits per heavy atom. The van der Waals surface area contributed by atoms with E-state index in [1.165, 1.54) is 0 Å². The summed E-state index contributed by atoms with van der Waals surface area (Å²) in [5, 5.41) is 5.37. The van der Waals surface area contributed by atoms with E-state index < -0.39 is 0 Å². The van der Waals surface area contributed by atoms with Crippen LogP contribution in [-0.4, -0.2) is 30.0 Å². The number of rotatable bonds is 5. The van der Waals surface area contributed by atoms with Gasteiger partial charge in [0.1, 0.15) is 5.69 Å². The number of halogens is 2. The molecule has 0 saturated carbocycles. The first-order valence-corrected chi connectivity index (χ1v) is 9.01. The van der Waals surface area contributed by atoms with Crippen molar-refractivity contribution in [1.29, 1.82) is 0 Å². The molecule has 0 saturated heterocycles. The Kier molecular flexibility index (Phi) is 5.64. The molecule has 1 aromatic heterocycles. The highest BCUT2D eigenvalue weighted by atomic mass is 35.5.